The van der Waals surface area contributed by atoms with Gasteiger partial charge in [-0.15, -0.1) is 12.4 Å². The minimum atomic E-state index is -0.396. The van der Waals surface area contributed by atoms with Crippen LogP contribution in [0.2, 0.25) is 0 Å². The maximum Gasteiger partial charge on any atom is 0.250 e. The molecule has 5 heteroatoms. The molecule has 2 atom stereocenters. The van der Waals surface area contributed by atoms with Crippen molar-refractivity contribution in [2.45, 2.75) is 39.8 Å². The maximum absolute atomic E-state index is 12.5. The lowest BCUT2D eigenvalue weighted by Gasteiger charge is -2.34. The van der Waals surface area contributed by atoms with E-state index in [4.69, 9.17) is 4.74 Å². The molecule has 1 heterocycles. The first-order valence-electron chi connectivity index (χ1n) is 7.58. The predicted octanol–water partition coefficient (Wildman–Crippen LogP) is 2.61. The van der Waals surface area contributed by atoms with Gasteiger partial charge in [0.1, 0.15) is 6.10 Å². The van der Waals surface area contributed by atoms with Gasteiger partial charge in [0, 0.05) is 13.1 Å². The van der Waals surface area contributed by atoms with Gasteiger partial charge in [-0.1, -0.05) is 45.0 Å². The molecule has 124 valence electrons. The first kappa shape index (κ1) is 18.9. The van der Waals surface area contributed by atoms with Crippen LogP contribution in [0.1, 0.15) is 37.9 Å². The molecule has 0 aromatic heterocycles. The molecule has 0 aliphatic carbocycles. The summed E-state index contributed by atoms with van der Waals surface area (Å²) in [7, 11) is 0. The molecule has 1 aromatic carbocycles. The van der Waals surface area contributed by atoms with E-state index >= 15 is 0 Å². The Morgan fingerprint density at radius 3 is 2.59 bits per heavy atom. The Labute approximate surface area is 139 Å². The number of hydrogen-bond donors (Lipinski definition) is 2. The second-order valence-corrected chi connectivity index (χ2v) is 6.73. The fourth-order valence-electron chi connectivity index (χ4n) is 2.64. The number of rotatable bonds is 3. The fraction of sp³-hybridized carbons (Fsp3) is 0.588. The van der Waals surface area contributed by atoms with Gasteiger partial charge in [-0.25, -0.2) is 0 Å². The lowest BCUT2D eigenvalue weighted by atomic mass is 9.80. The summed E-state index contributed by atoms with van der Waals surface area (Å²) < 4.78 is 5.54. The number of ether oxygens (including phenoxy) is 1. The van der Waals surface area contributed by atoms with E-state index in [0.717, 1.165) is 6.54 Å². The maximum atomic E-state index is 12.5. The number of morpholine rings is 1. The molecule has 1 aromatic rings. The highest BCUT2D eigenvalue weighted by molar-refractivity contribution is 5.85. The third kappa shape index (κ3) is 4.70. The number of hydrogen-bond acceptors (Lipinski definition) is 3. The topological polar surface area (TPSA) is 50.4 Å². The van der Waals surface area contributed by atoms with Gasteiger partial charge in [0.2, 0.25) is 0 Å². The van der Waals surface area contributed by atoms with Gasteiger partial charge in [-0.05, 0) is 23.5 Å². The number of carbonyl (C=O) groups is 1. The van der Waals surface area contributed by atoms with Crippen LogP contribution in [0.25, 0.3) is 0 Å². The van der Waals surface area contributed by atoms with E-state index in [9.17, 15) is 4.79 Å². The van der Waals surface area contributed by atoms with Crippen LogP contribution in [-0.2, 0) is 9.53 Å². The van der Waals surface area contributed by atoms with Crippen LogP contribution in [0.5, 0.6) is 0 Å². The zero-order valence-corrected chi connectivity index (χ0v) is 14.6. The van der Waals surface area contributed by atoms with E-state index in [1.165, 1.54) is 11.1 Å². The third-order valence-corrected chi connectivity index (χ3v) is 3.87. The van der Waals surface area contributed by atoms with Crippen LogP contribution in [0, 0.1) is 12.3 Å². The quantitative estimate of drug-likeness (QED) is 0.897. The zero-order valence-electron chi connectivity index (χ0n) is 13.8. The van der Waals surface area contributed by atoms with E-state index < -0.39 is 6.10 Å². The molecular weight excluding hydrogens is 300 g/mol. The van der Waals surface area contributed by atoms with Gasteiger partial charge in [0.05, 0.1) is 12.6 Å². The molecule has 2 rings (SSSR count). The summed E-state index contributed by atoms with van der Waals surface area (Å²) >= 11 is 0. The van der Waals surface area contributed by atoms with Gasteiger partial charge in [-0.3, -0.25) is 4.79 Å². The second-order valence-electron chi connectivity index (χ2n) is 6.73. The molecule has 0 bridgehead atoms. The number of nitrogens with one attached hydrogen (secondary N) is 2. The summed E-state index contributed by atoms with van der Waals surface area (Å²) in [6.45, 7) is 10.5. The van der Waals surface area contributed by atoms with Crippen molar-refractivity contribution in [2.24, 2.45) is 5.41 Å². The van der Waals surface area contributed by atoms with Gasteiger partial charge in [0.25, 0.3) is 5.91 Å². The van der Waals surface area contributed by atoms with Crippen LogP contribution in [0.4, 0.5) is 0 Å². The van der Waals surface area contributed by atoms with Crippen LogP contribution < -0.4 is 10.6 Å². The molecule has 2 N–H and O–H groups in total. The Bertz CT molecular complexity index is 494. The van der Waals surface area contributed by atoms with Crippen molar-refractivity contribution in [2.75, 3.05) is 19.7 Å². The minimum Gasteiger partial charge on any atom is -0.366 e. The largest absolute Gasteiger partial charge is 0.366 e. The molecular formula is C17H27ClN2O2. The van der Waals surface area contributed by atoms with Crippen molar-refractivity contribution >= 4 is 18.3 Å². The molecule has 0 spiro atoms. The van der Waals surface area contributed by atoms with Crippen molar-refractivity contribution in [3.05, 3.63) is 35.4 Å². The number of carbonyl (C=O) groups excluding carboxylic acids is 1. The van der Waals surface area contributed by atoms with Crippen molar-refractivity contribution < 1.29 is 9.53 Å². The molecule has 1 aliphatic heterocycles. The fourth-order valence-corrected chi connectivity index (χ4v) is 2.64. The normalized spacial score (nSPS) is 19.9. The summed E-state index contributed by atoms with van der Waals surface area (Å²) in [6, 6.07) is 8.18. The number of halogens is 1. The highest BCUT2D eigenvalue weighted by Gasteiger charge is 2.31. The second kappa shape index (κ2) is 7.95. The molecule has 1 aliphatic rings. The smallest absolute Gasteiger partial charge is 0.250 e. The van der Waals surface area contributed by atoms with Gasteiger partial charge >= 0.3 is 0 Å². The van der Waals surface area contributed by atoms with E-state index in [0.29, 0.717) is 13.2 Å². The number of amides is 1. The Balaban J connectivity index is 0.00000242. The number of benzene rings is 1. The van der Waals surface area contributed by atoms with Crippen molar-refractivity contribution in [1.82, 2.24) is 10.6 Å². The monoisotopic (exact) mass is 326 g/mol. The van der Waals surface area contributed by atoms with Crippen LogP contribution in [-0.4, -0.2) is 31.7 Å². The SMILES string of the molecule is Cc1ccccc1C(NC(=O)C1CNCCO1)C(C)(C)C.Cl. The highest BCUT2D eigenvalue weighted by Crippen LogP contribution is 2.34. The zero-order chi connectivity index (χ0) is 15.5. The average Bonchev–Trinajstić information content (AvgIpc) is 2.45. The molecule has 2 unspecified atom stereocenters. The van der Waals surface area contributed by atoms with Gasteiger partial charge in [0.15, 0.2) is 0 Å². The van der Waals surface area contributed by atoms with Crippen molar-refractivity contribution in [3.63, 3.8) is 0 Å². The highest BCUT2D eigenvalue weighted by atomic mass is 35.5. The first-order valence-corrected chi connectivity index (χ1v) is 7.58. The van der Waals surface area contributed by atoms with Crippen LogP contribution in [0.3, 0.4) is 0 Å². The molecule has 1 amide bonds. The first-order chi connectivity index (χ1) is 9.89. The lowest BCUT2D eigenvalue weighted by Crippen LogP contribution is -2.50. The van der Waals surface area contributed by atoms with Crippen molar-refractivity contribution in [1.29, 1.82) is 0 Å². The summed E-state index contributed by atoms with van der Waals surface area (Å²) in [6.07, 6.45) is -0.396. The van der Waals surface area contributed by atoms with E-state index in [1.807, 2.05) is 12.1 Å². The molecule has 22 heavy (non-hydrogen) atoms. The van der Waals surface area contributed by atoms with Gasteiger partial charge < -0.3 is 15.4 Å². The summed E-state index contributed by atoms with van der Waals surface area (Å²) in [5.74, 6) is -0.0367. The molecule has 4 nitrogen and oxygen atoms in total. The summed E-state index contributed by atoms with van der Waals surface area (Å²) in [4.78, 5) is 12.5. The third-order valence-electron chi connectivity index (χ3n) is 3.87. The average molecular weight is 327 g/mol. The molecule has 1 saturated heterocycles. The molecule has 0 saturated carbocycles. The molecule has 0 radical (unpaired) electrons. The van der Waals surface area contributed by atoms with E-state index in [-0.39, 0.29) is 29.8 Å². The Morgan fingerprint density at radius 2 is 2.05 bits per heavy atom. The van der Waals surface area contributed by atoms with Crippen LogP contribution in [0.15, 0.2) is 24.3 Å². The predicted molar refractivity (Wildman–Crippen MR) is 91.4 cm³/mol. The lowest BCUT2D eigenvalue weighted by molar-refractivity contribution is -0.135. The Kier molecular flexibility index (Phi) is 6.85. The standard InChI is InChI=1S/C17H26N2O2.ClH/c1-12-7-5-6-8-13(12)15(17(2,3)4)19-16(20)14-11-18-9-10-21-14;/h5-8,14-15,18H,9-11H2,1-4H3,(H,19,20);1H. The number of aryl methyl sites for hydroxylation is 1. The minimum absolute atomic E-state index is 0. The summed E-state index contributed by atoms with van der Waals surface area (Å²) in [5.41, 5.74) is 2.30. The Morgan fingerprint density at radius 1 is 1.36 bits per heavy atom. The van der Waals surface area contributed by atoms with E-state index in [2.05, 4.69) is 50.5 Å². The van der Waals surface area contributed by atoms with E-state index in [1.54, 1.807) is 0 Å². The van der Waals surface area contributed by atoms with Crippen molar-refractivity contribution in [3.8, 4) is 0 Å². The van der Waals surface area contributed by atoms with Crippen LogP contribution >= 0.6 is 12.4 Å². The summed E-state index contributed by atoms with van der Waals surface area (Å²) in [5, 5.41) is 6.37. The molecule has 1 fully saturated rings. The Hall–Kier alpha value is -1.10. The van der Waals surface area contributed by atoms with Gasteiger partial charge in [-0.2, -0.15) is 0 Å².